The van der Waals surface area contributed by atoms with E-state index in [1.807, 2.05) is 0 Å². The molecule has 4 rings (SSSR count). The van der Waals surface area contributed by atoms with Crippen molar-refractivity contribution in [1.29, 1.82) is 0 Å². The summed E-state index contributed by atoms with van der Waals surface area (Å²) in [6.07, 6.45) is -0.604. The maximum atomic E-state index is 13.4. The van der Waals surface area contributed by atoms with Crippen LogP contribution in [0.3, 0.4) is 0 Å². The lowest BCUT2D eigenvalue weighted by Crippen LogP contribution is -2.54. The van der Waals surface area contributed by atoms with Crippen LogP contribution >= 0.6 is 0 Å². The van der Waals surface area contributed by atoms with Crippen LogP contribution in [0.15, 0.2) is 42.5 Å². The smallest absolute Gasteiger partial charge is 0.410 e. The van der Waals surface area contributed by atoms with Crippen LogP contribution < -0.4 is 10.1 Å². The van der Waals surface area contributed by atoms with E-state index >= 15 is 0 Å². The van der Waals surface area contributed by atoms with Gasteiger partial charge in [0.05, 0.1) is 12.0 Å². The number of carbonyl (C=O) groups is 3. The Bertz CT molecular complexity index is 1160. The maximum absolute atomic E-state index is 13.4. The molecular formula is C25H29N3O8. The van der Waals surface area contributed by atoms with Gasteiger partial charge in [-0.1, -0.05) is 18.2 Å². The van der Waals surface area contributed by atoms with Crippen molar-refractivity contribution in [3.05, 3.63) is 63.7 Å². The second kappa shape index (κ2) is 10.6. The van der Waals surface area contributed by atoms with Crippen molar-refractivity contribution in [3.8, 4) is 11.5 Å². The third-order valence-electron chi connectivity index (χ3n) is 5.49. The first kappa shape index (κ1) is 26.5. The predicted octanol–water partition coefficient (Wildman–Crippen LogP) is 3.38. The Morgan fingerprint density at radius 2 is 1.75 bits per heavy atom. The Balaban J connectivity index is 2.05. The predicted molar refractivity (Wildman–Crippen MR) is 129 cm³/mol. The first-order valence-corrected chi connectivity index (χ1v) is 11.3. The number of rotatable bonds is 3. The second-order valence-electron chi connectivity index (χ2n) is 9.40. The van der Waals surface area contributed by atoms with Crippen molar-refractivity contribution in [1.82, 2.24) is 10.2 Å². The molecule has 2 amide bonds. The summed E-state index contributed by atoms with van der Waals surface area (Å²) in [5, 5.41) is 14.2. The molecule has 2 aromatic carbocycles. The van der Waals surface area contributed by atoms with Crippen LogP contribution in [-0.4, -0.2) is 59.6 Å². The zero-order chi connectivity index (χ0) is 26.6. The van der Waals surface area contributed by atoms with Crippen LogP contribution in [0.25, 0.3) is 0 Å². The molecule has 2 heterocycles. The summed E-state index contributed by atoms with van der Waals surface area (Å²) < 4.78 is 16.1. The number of ether oxygens (including phenoxy) is 3. The minimum absolute atomic E-state index is 0.000197. The molecule has 2 aliphatic heterocycles. The number of nitro groups is 1. The Labute approximate surface area is 208 Å². The van der Waals surface area contributed by atoms with Gasteiger partial charge in [0, 0.05) is 26.0 Å². The SMILES string of the molecule is COC(=O)[C@@H]1Cc2ccc([N+](=O)[O-])c(c2)Oc2ccc(cc2)C[C@@H](N(C)C(=O)OC(C)(C)C)C(=O)N1. The first-order valence-electron chi connectivity index (χ1n) is 11.3. The molecule has 2 aromatic rings. The fourth-order valence-electron chi connectivity index (χ4n) is 3.67. The van der Waals surface area contributed by atoms with Gasteiger partial charge in [0.2, 0.25) is 11.7 Å². The number of nitrogens with one attached hydrogen (secondary N) is 1. The van der Waals surface area contributed by atoms with Crippen LogP contribution in [0.5, 0.6) is 11.5 Å². The van der Waals surface area contributed by atoms with E-state index in [2.05, 4.69) is 5.32 Å². The van der Waals surface area contributed by atoms with Crippen LogP contribution in [0.1, 0.15) is 31.9 Å². The highest BCUT2D eigenvalue weighted by Gasteiger charge is 2.34. The van der Waals surface area contributed by atoms with Gasteiger partial charge in [-0.05, 0) is 50.1 Å². The molecule has 0 radical (unpaired) electrons. The summed E-state index contributed by atoms with van der Waals surface area (Å²) in [6, 6.07) is 8.71. The summed E-state index contributed by atoms with van der Waals surface area (Å²) in [6.45, 7) is 5.16. The van der Waals surface area contributed by atoms with E-state index in [9.17, 15) is 24.5 Å². The quantitative estimate of drug-likeness (QED) is 0.385. The average molecular weight is 500 g/mol. The highest BCUT2D eigenvalue weighted by atomic mass is 16.6. The summed E-state index contributed by atoms with van der Waals surface area (Å²) in [4.78, 5) is 50.9. The summed E-state index contributed by atoms with van der Waals surface area (Å²) >= 11 is 0. The topological polar surface area (TPSA) is 137 Å². The Kier molecular flexibility index (Phi) is 7.81. The van der Waals surface area contributed by atoms with Gasteiger partial charge in [0.1, 0.15) is 23.4 Å². The van der Waals surface area contributed by atoms with Crippen molar-refractivity contribution < 1.29 is 33.5 Å². The summed E-state index contributed by atoms with van der Waals surface area (Å²) in [5.41, 5.74) is 0.169. The maximum Gasteiger partial charge on any atom is 0.410 e. The van der Waals surface area contributed by atoms with Gasteiger partial charge < -0.3 is 19.5 Å². The molecular weight excluding hydrogens is 470 g/mol. The fraction of sp³-hybridized carbons (Fsp3) is 0.400. The van der Waals surface area contributed by atoms with Gasteiger partial charge in [0.15, 0.2) is 0 Å². The Hall–Kier alpha value is -4.15. The number of esters is 1. The lowest BCUT2D eigenvalue weighted by molar-refractivity contribution is -0.385. The van der Waals surface area contributed by atoms with Crippen molar-refractivity contribution in [2.75, 3.05) is 14.2 Å². The molecule has 2 aliphatic rings. The fourth-order valence-corrected chi connectivity index (χ4v) is 3.67. The van der Waals surface area contributed by atoms with Crippen molar-refractivity contribution in [2.24, 2.45) is 0 Å². The highest BCUT2D eigenvalue weighted by Crippen LogP contribution is 2.33. The Morgan fingerprint density at radius 1 is 1.11 bits per heavy atom. The molecule has 0 aliphatic carbocycles. The van der Waals surface area contributed by atoms with Crippen molar-refractivity contribution >= 4 is 23.7 Å². The lowest BCUT2D eigenvalue weighted by Gasteiger charge is -2.31. The number of hydrogen-bond donors (Lipinski definition) is 1. The molecule has 0 aromatic heterocycles. The molecule has 0 saturated heterocycles. The molecule has 4 bridgehead atoms. The molecule has 192 valence electrons. The van der Waals surface area contributed by atoms with Crippen LogP contribution in [0, 0.1) is 10.1 Å². The minimum atomic E-state index is -1.12. The van der Waals surface area contributed by atoms with Gasteiger partial charge in [-0.2, -0.15) is 0 Å². The standard InChI is InChI=1S/C25H29N3O8/c1-25(2,3)36-24(31)27(4)20-13-15-6-9-17(10-7-15)35-21-14-16(8-11-19(21)28(32)33)12-18(23(30)34-5)26-22(20)29/h6-11,14,18,20H,12-13H2,1-5H3,(H,26,29)/t18-,20+/m0/s1. The van der Waals surface area contributed by atoms with E-state index in [0.29, 0.717) is 16.9 Å². The molecule has 1 N–H and O–H groups in total. The monoisotopic (exact) mass is 499 g/mol. The molecule has 36 heavy (non-hydrogen) atoms. The van der Waals surface area contributed by atoms with E-state index in [4.69, 9.17) is 14.2 Å². The van der Waals surface area contributed by atoms with E-state index in [1.54, 1.807) is 45.0 Å². The first-order chi connectivity index (χ1) is 16.9. The van der Waals surface area contributed by atoms with Gasteiger partial charge in [-0.3, -0.25) is 19.8 Å². The number of methoxy groups -OCH3 is 1. The van der Waals surface area contributed by atoms with Crippen LogP contribution in [0.2, 0.25) is 0 Å². The van der Waals surface area contributed by atoms with Crippen LogP contribution in [-0.2, 0) is 31.9 Å². The number of nitro benzene ring substituents is 1. The number of amides is 2. The molecule has 0 unspecified atom stereocenters. The van der Waals surface area contributed by atoms with Gasteiger partial charge in [-0.15, -0.1) is 0 Å². The molecule has 0 saturated carbocycles. The third kappa shape index (κ3) is 6.49. The van der Waals surface area contributed by atoms with E-state index in [1.165, 1.54) is 37.3 Å². The number of fused-ring (bicyclic) bond motifs is 7. The van der Waals surface area contributed by atoms with E-state index in [-0.39, 0.29) is 24.3 Å². The van der Waals surface area contributed by atoms with Crippen molar-refractivity contribution in [3.63, 3.8) is 0 Å². The number of nitrogens with zero attached hydrogens (tertiary/aromatic N) is 2. The number of likely N-dealkylation sites (N-methyl/N-ethyl adjacent to an activating group) is 1. The van der Waals surface area contributed by atoms with Crippen molar-refractivity contribution in [2.45, 2.75) is 51.3 Å². The largest absolute Gasteiger partial charge is 0.467 e. The summed E-state index contributed by atoms with van der Waals surface area (Å²) in [5.74, 6) is -0.946. The number of carbonyl (C=O) groups excluding carboxylic acids is 3. The van der Waals surface area contributed by atoms with Gasteiger partial charge in [-0.25, -0.2) is 9.59 Å². The lowest BCUT2D eigenvalue weighted by atomic mass is 10.0. The normalized spacial score (nSPS) is 17.8. The van der Waals surface area contributed by atoms with E-state index < -0.39 is 40.6 Å². The molecule has 0 spiro atoms. The van der Waals surface area contributed by atoms with Gasteiger partial charge >= 0.3 is 17.7 Å². The van der Waals surface area contributed by atoms with Gasteiger partial charge in [0.25, 0.3) is 0 Å². The van der Waals surface area contributed by atoms with Crippen LogP contribution in [0.4, 0.5) is 10.5 Å². The molecule has 2 atom stereocenters. The Morgan fingerprint density at radius 3 is 2.33 bits per heavy atom. The minimum Gasteiger partial charge on any atom is -0.467 e. The zero-order valence-corrected chi connectivity index (χ0v) is 20.8. The number of hydrogen-bond acceptors (Lipinski definition) is 8. The van der Waals surface area contributed by atoms with E-state index in [0.717, 1.165) is 0 Å². The molecule has 0 fully saturated rings. The molecule has 11 nitrogen and oxygen atoms in total. The second-order valence-corrected chi connectivity index (χ2v) is 9.40. The zero-order valence-electron chi connectivity index (χ0n) is 20.8. The molecule has 11 heteroatoms. The summed E-state index contributed by atoms with van der Waals surface area (Å²) in [7, 11) is 2.64. The average Bonchev–Trinajstić information content (AvgIpc) is 2.80. The number of benzene rings is 2. The third-order valence-corrected chi connectivity index (χ3v) is 5.49. The highest BCUT2D eigenvalue weighted by molar-refractivity contribution is 5.90.